The third-order valence-electron chi connectivity index (χ3n) is 2.44. The molecule has 0 saturated carbocycles. The van der Waals surface area contributed by atoms with Crippen LogP contribution in [0, 0.1) is 0 Å². The van der Waals surface area contributed by atoms with Crippen molar-refractivity contribution >= 4 is 21.6 Å². The maximum atomic E-state index is 5.71. The summed E-state index contributed by atoms with van der Waals surface area (Å²) in [5, 5.41) is 0. The lowest BCUT2D eigenvalue weighted by atomic mass is 10.2. The first-order chi connectivity index (χ1) is 7.25. The van der Waals surface area contributed by atoms with Crippen LogP contribution >= 0.6 is 15.9 Å². The number of ether oxygens (including phenoxy) is 2. The van der Waals surface area contributed by atoms with Crippen LogP contribution in [0.1, 0.15) is 12.0 Å². The molecular weight excluding hydrogens is 258 g/mol. The molecular formula is C11H14BrNO2. The number of benzene rings is 1. The molecule has 1 fully saturated rings. The maximum absolute atomic E-state index is 5.71. The predicted octanol–water partition coefficient (Wildman–Crippen LogP) is 2.34. The Kier molecular flexibility index (Phi) is 3.61. The first kappa shape index (κ1) is 10.9. The quantitative estimate of drug-likeness (QED) is 0.859. The Morgan fingerprint density at radius 2 is 2.40 bits per heavy atom. The average molecular weight is 272 g/mol. The highest BCUT2D eigenvalue weighted by molar-refractivity contribution is 9.10. The van der Waals surface area contributed by atoms with Crippen molar-refractivity contribution in [3.05, 3.63) is 28.2 Å². The zero-order valence-corrected chi connectivity index (χ0v) is 10.00. The molecule has 3 nitrogen and oxygen atoms in total. The lowest BCUT2D eigenvalue weighted by Crippen LogP contribution is -2.12. The van der Waals surface area contributed by atoms with E-state index in [1.807, 2.05) is 18.2 Å². The molecule has 1 aromatic carbocycles. The smallest absolute Gasteiger partial charge is 0.0835 e. The average Bonchev–Trinajstić information content (AvgIpc) is 2.69. The van der Waals surface area contributed by atoms with Gasteiger partial charge in [-0.2, -0.15) is 0 Å². The van der Waals surface area contributed by atoms with Crippen LogP contribution in [0.25, 0.3) is 0 Å². The summed E-state index contributed by atoms with van der Waals surface area (Å²) in [5.74, 6) is 0. The third kappa shape index (κ3) is 2.93. The van der Waals surface area contributed by atoms with Gasteiger partial charge in [0, 0.05) is 16.8 Å². The van der Waals surface area contributed by atoms with Crippen molar-refractivity contribution in [1.82, 2.24) is 0 Å². The van der Waals surface area contributed by atoms with Crippen molar-refractivity contribution in [3.8, 4) is 0 Å². The van der Waals surface area contributed by atoms with Crippen LogP contribution in [-0.4, -0.2) is 19.3 Å². The van der Waals surface area contributed by atoms with Gasteiger partial charge in [0.25, 0.3) is 0 Å². The molecule has 2 rings (SSSR count). The number of nitrogens with two attached hydrogens (primary N) is 1. The minimum absolute atomic E-state index is 0.245. The second-order valence-corrected chi connectivity index (χ2v) is 4.50. The van der Waals surface area contributed by atoms with E-state index in [2.05, 4.69) is 15.9 Å². The van der Waals surface area contributed by atoms with E-state index in [0.717, 1.165) is 28.8 Å². The molecule has 1 atom stereocenters. The summed E-state index contributed by atoms with van der Waals surface area (Å²) in [6.07, 6.45) is 1.24. The van der Waals surface area contributed by atoms with Crippen molar-refractivity contribution in [1.29, 1.82) is 0 Å². The van der Waals surface area contributed by atoms with Crippen molar-refractivity contribution < 1.29 is 9.47 Å². The van der Waals surface area contributed by atoms with Crippen LogP contribution in [0.5, 0.6) is 0 Å². The molecule has 82 valence electrons. The number of rotatable bonds is 3. The molecule has 1 aromatic rings. The molecule has 1 heterocycles. The maximum Gasteiger partial charge on any atom is 0.0835 e. The Balaban J connectivity index is 1.92. The number of hydrogen-bond acceptors (Lipinski definition) is 3. The molecule has 0 radical (unpaired) electrons. The normalized spacial score (nSPS) is 20.7. The Bertz CT molecular complexity index is 337. The first-order valence-corrected chi connectivity index (χ1v) is 5.78. The summed E-state index contributed by atoms with van der Waals surface area (Å²) in [5.41, 5.74) is 7.54. The molecule has 0 spiro atoms. The second kappa shape index (κ2) is 4.96. The highest BCUT2D eigenvalue weighted by atomic mass is 79.9. The van der Waals surface area contributed by atoms with Crippen molar-refractivity contribution in [2.45, 2.75) is 19.1 Å². The van der Waals surface area contributed by atoms with E-state index in [0.29, 0.717) is 13.2 Å². The molecule has 1 saturated heterocycles. The van der Waals surface area contributed by atoms with Crippen LogP contribution < -0.4 is 5.73 Å². The summed E-state index contributed by atoms with van der Waals surface area (Å²) in [6.45, 7) is 2.13. The number of nitrogen functional groups attached to an aromatic ring is 1. The monoisotopic (exact) mass is 271 g/mol. The first-order valence-electron chi connectivity index (χ1n) is 4.99. The fourth-order valence-corrected chi connectivity index (χ4v) is 2.04. The molecule has 0 bridgehead atoms. The standard InChI is InChI=1S/C11H14BrNO2/c12-11-5-9(13)2-1-8(11)6-15-10-3-4-14-7-10/h1-2,5,10H,3-4,6-7,13H2. The highest BCUT2D eigenvalue weighted by Crippen LogP contribution is 2.21. The highest BCUT2D eigenvalue weighted by Gasteiger charge is 2.16. The zero-order chi connectivity index (χ0) is 10.7. The largest absolute Gasteiger partial charge is 0.399 e. The molecule has 15 heavy (non-hydrogen) atoms. The number of hydrogen-bond donors (Lipinski definition) is 1. The van der Waals surface area contributed by atoms with Gasteiger partial charge in [0.1, 0.15) is 0 Å². The van der Waals surface area contributed by atoms with Gasteiger partial charge in [-0.1, -0.05) is 22.0 Å². The molecule has 0 amide bonds. The fourth-order valence-electron chi connectivity index (χ4n) is 1.53. The van der Waals surface area contributed by atoms with Crippen molar-refractivity contribution in [3.63, 3.8) is 0 Å². The van der Waals surface area contributed by atoms with E-state index in [1.165, 1.54) is 0 Å². The van der Waals surface area contributed by atoms with E-state index in [1.54, 1.807) is 0 Å². The van der Waals surface area contributed by atoms with E-state index >= 15 is 0 Å². The van der Waals surface area contributed by atoms with Crippen LogP contribution in [0.15, 0.2) is 22.7 Å². The van der Waals surface area contributed by atoms with Gasteiger partial charge < -0.3 is 15.2 Å². The Morgan fingerprint density at radius 3 is 3.07 bits per heavy atom. The van der Waals surface area contributed by atoms with Crippen LogP contribution in [0.2, 0.25) is 0 Å². The van der Waals surface area contributed by atoms with E-state index in [4.69, 9.17) is 15.2 Å². The van der Waals surface area contributed by atoms with E-state index in [9.17, 15) is 0 Å². The summed E-state index contributed by atoms with van der Waals surface area (Å²) >= 11 is 3.47. The van der Waals surface area contributed by atoms with Gasteiger partial charge in [-0.3, -0.25) is 0 Å². The van der Waals surface area contributed by atoms with Crippen molar-refractivity contribution in [2.24, 2.45) is 0 Å². The van der Waals surface area contributed by atoms with Crippen LogP contribution in [0.3, 0.4) is 0 Å². The van der Waals surface area contributed by atoms with Crippen LogP contribution in [-0.2, 0) is 16.1 Å². The second-order valence-electron chi connectivity index (χ2n) is 3.65. The summed E-state index contributed by atoms with van der Waals surface area (Å²) in [4.78, 5) is 0. The van der Waals surface area contributed by atoms with Crippen molar-refractivity contribution in [2.75, 3.05) is 18.9 Å². The van der Waals surface area contributed by atoms with Gasteiger partial charge in [0.2, 0.25) is 0 Å². The lowest BCUT2D eigenvalue weighted by Gasteiger charge is -2.11. The van der Waals surface area contributed by atoms with Gasteiger partial charge in [-0.25, -0.2) is 0 Å². The molecule has 0 aromatic heterocycles. The van der Waals surface area contributed by atoms with Gasteiger partial charge in [-0.15, -0.1) is 0 Å². The Hall–Kier alpha value is -0.580. The van der Waals surface area contributed by atoms with E-state index in [-0.39, 0.29) is 6.10 Å². The summed E-state index contributed by atoms with van der Waals surface area (Å²) in [6, 6.07) is 5.76. The van der Waals surface area contributed by atoms with E-state index < -0.39 is 0 Å². The Morgan fingerprint density at radius 1 is 1.53 bits per heavy atom. The molecule has 1 unspecified atom stereocenters. The molecule has 2 N–H and O–H groups in total. The summed E-state index contributed by atoms with van der Waals surface area (Å²) < 4.78 is 12.0. The minimum atomic E-state index is 0.245. The lowest BCUT2D eigenvalue weighted by molar-refractivity contribution is 0.0315. The number of anilines is 1. The minimum Gasteiger partial charge on any atom is -0.399 e. The molecule has 4 heteroatoms. The zero-order valence-electron chi connectivity index (χ0n) is 8.41. The van der Waals surface area contributed by atoms with Gasteiger partial charge in [0.15, 0.2) is 0 Å². The van der Waals surface area contributed by atoms with Gasteiger partial charge in [0.05, 0.1) is 19.3 Å². The Labute approximate surface area is 97.7 Å². The third-order valence-corrected chi connectivity index (χ3v) is 3.18. The molecule has 0 aliphatic carbocycles. The molecule has 1 aliphatic heterocycles. The van der Waals surface area contributed by atoms with Gasteiger partial charge >= 0.3 is 0 Å². The summed E-state index contributed by atoms with van der Waals surface area (Å²) in [7, 11) is 0. The SMILES string of the molecule is Nc1ccc(COC2CCOC2)c(Br)c1. The topological polar surface area (TPSA) is 44.5 Å². The number of halogens is 1. The predicted molar refractivity (Wildman–Crippen MR) is 62.6 cm³/mol. The van der Waals surface area contributed by atoms with Gasteiger partial charge in [-0.05, 0) is 24.1 Å². The fraction of sp³-hybridized carbons (Fsp3) is 0.455. The van der Waals surface area contributed by atoms with Crippen LogP contribution in [0.4, 0.5) is 5.69 Å². The molecule has 1 aliphatic rings.